The number of sulfonamides is 1. The van der Waals surface area contributed by atoms with Crippen LogP contribution in [0.4, 0.5) is 0 Å². The fourth-order valence-electron chi connectivity index (χ4n) is 1.82. The van der Waals surface area contributed by atoms with Gasteiger partial charge in [-0.3, -0.25) is 4.99 Å². The average molecular weight is 519 g/mol. The molecule has 132 valence electrons. The van der Waals surface area contributed by atoms with E-state index in [1.165, 1.54) is 0 Å². The number of hydrogen-bond acceptors (Lipinski definition) is 3. The van der Waals surface area contributed by atoms with E-state index in [0.29, 0.717) is 25.6 Å². The molecule has 0 radical (unpaired) electrons. The van der Waals surface area contributed by atoms with E-state index in [0.717, 1.165) is 10.0 Å². The Morgan fingerprint density at radius 3 is 2.52 bits per heavy atom. The third-order valence-electron chi connectivity index (χ3n) is 3.05. The molecule has 23 heavy (non-hydrogen) atoms. The summed E-state index contributed by atoms with van der Waals surface area (Å²) in [6, 6.07) is 8.01. The van der Waals surface area contributed by atoms with Crippen LogP contribution in [0.15, 0.2) is 33.7 Å². The minimum Gasteiger partial charge on any atom is -0.355 e. The molecule has 0 bridgehead atoms. The maximum absolute atomic E-state index is 11.3. The largest absolute Gasteiger partial charge is 0.355 e. The van der Waals surface area contributed by atoms with Gasteiger partial charge in [0.05, 0.1) is 5.75 Å². The van der Waals surface area contributed by atoms with Gasteiger partial charge in [-0.25, -0.2) is 13.1 Å². The number of nitrogens with zero attached hydrogens (tertiary/aromatic N) is 2. The molecule has 0 aliphatic rings. The quantitative estimate of drug-likeness (QED) is 0.251. The molecule has 2 N–H and O–H groups in total. The lowest BCUT2D eigenvalue weighted by Gasteiger charge is -2.22. The van der Waals surface area contributed by atoms with Crippen LogP contribution in [0.1, 0.15) is 12.5 Å². The van der Waals surface area contributed by atoms with Crippen LogP contribution >= 0.6 is 39.9 Å². The Hall–Kier alpha value is -0.390. The van der Waals surface area contributed by atoms with E-state index in [4.69, 9.17) is 0 Å². The molecule has 9 heteroatoms. The van der Waals surface area contributed by atoms with Gasteiger partial charge in [0.2, 0.25) is 10.0 Å². The SMILES string of the molecule is CCS(=O)(=O)NCCNC(=NC)N(C)Cc1ccccc1Br.I. The topological polar surface area (TPSA) is 73.8 Å². The Kier molecular flexibility index (Phi) is 11.0. The Morgan fingerprint density at radius 2 is 1.96 bits per heavy atom. The fraction of sp³-hybridized carbons (Fsp3) is 0.500. The molecule has 0 aliphatic carbocycles. The zero-order valence-electron chi connectivity index (χ0n) is 13.5. The van der Waals surface area contributed by atoms with Crippen molar-refractivity contribution in [3.63, 3.8) is 0 Å². The molecule has 1 rings (SSSR count). The molecule has 1 aromatic carbocycles. The first-order chi connectivity index (χ1) is 10.4. The van der Waals surface area contributed by atoms with Crippen LogP contribution in [0.2, 0.25) is 0 Å². The molecule has 0 spiro atoms. The summed E-state index contributed by atoms with van der Waals surface area (Å²) in [6.45, 7) is 3.12. The molecular weight excluding hydrogens is 495 g/mol. The molecule has 0 aliphatic heterocycles. The van der Waals surface area contributed by atoms with Gasteiger partial charge >= 0.3 is 0 Å². The van der Waals surface area contributed by atoms with Crippen LogP contribution < -0.4 is 10.0 Å². The highest BCUT2D eigenvalue weighted by atomic mass is 127. The summed E-state index contributed by atoms with van der Waals surface area (Å²) in [5, 5.41) is 3.14. The Balaban J connectivity index is 0.00000484. The monoisotopic (exact) mass is 518 g/mol. The van der Waals surface area contributed by atoms with E-state index < -0.39 is 10.0 Å². The van der Waals surface area contributed by atoms with Gasteiger partial charge in [-0.15, -0.1) is 24.0 Å². The van der Waals surface area contributed by atoms with Gasteiger partial charge in [-0.05, 0) is 18.6 Å². The van der Waals surface area contributed by atoms with Crippen molar-refractivity contribution in [1.82, 2.24) is 14.9 Å². The van der Waals surface area contributed by atoms with Crippen molar-refractivity contribution >= 4 is 55.9 Å². The number of aliphatic imine (C=N–C) groups is 1. The van der Waals surface area contributed by atoms with E-state index in [1.54, 1.807) is 14.0 Å². The number of guanidine groups is 1. The minimum absolute atomic E-state index is 0. The van der Waals surface area contributed by atoms with Crippen molar-refractivity contribution in [2.45, 2.75) is 13.5 Å². The van der Waals surface area contributed by atoms with Crippen LogP contribution in [-0.2, 0) is 16.6 Å². The summed E-state index contributed by atoms with van der Waals surface area (Å²) in [5.41, 5.74) is 1.15. The average Bonchev–Trinajstić information content (AvgIpc) is 2.49. The van der Waals surface area contributed by atoms with Crippen molar-refractivity contribution in [2.75, 3.05) is 32.9 Å². The first-order valence-electron chi connectivity index (χ1n) is 7.02. The molecule has 0 amide bonds. The first-order valence-corrected chi connectivity index (χ1v) is 9.46. The van der Waals surface area contributed by atoms with Gasteiger partial charge in [0.15, 0.2) is 5.96 Å². The summed E-state index contributed by atoms with van der Waals surface area (Å²) in [6.07, 6.45) is 0. The second-order valence-electron chi connectivity index (χ2n) is 4.72. The predicted molar refractivity (Wildman–Crippen MR) is 110 cm³/mol. The zero-order valence-corrected chi connectivity index (χ0v) is 18.3. The highest BCUT2D eigenvalue weighted by Crippen LogP contribution is 2.17. The molecular formula is C14H24BrIN4O2S. The zero-order chi connectivity index (χ0) is 16.6. The summed E-state index contributed by atoms with van der Waals surface area (Å²) in [4.78, 5) is 6.19. The molecule has 0 saturated carbocycles. The molecule has 1 aromatic rings. The van der Waals surface area contributed by atoms with E-state index in [9.17, 15) is 8.42 Å². The number of rotatable bonds is 7. The fourth-order valence-corrected chi connectivity index (χ4v) is 2.85. The second-order valence-corrected chi connectivity index (χ2v) is 7.67. The highest BCUT2D eigenvalue weighted by Gasteiger charge is 2.09. The maximum Gasteiger partial charge on any atom is 0.211 e. The molecule has 0 atom stereocenters. The second kappa shape index (κ2) is 11.2. The van der Waals surface area contributed by atoms with E-state index in [2.05, 4.69) is 31.0 Å². The lowest BCUT2D eigenvalue weighted by Crippen LogP contribution is -2.42. The van der Waals surface area contributed by atoms with Crippen LogP contribution in [0, 0.1) is 0 Å². The van der Waals surface area contributed by atoms with Crippen molar-refractivity contribution in [3.8, 4) is 0 Å². The smallest absolute Gasteiger partial charge is 0.211 e. The minimum atomic E-state index is -3.15. The predicted octanol–water partition coefficient (Wildman–Crippen LogP) is 2.01. The van der Waals surface area contributed by atoms with Gasteiger partial charge in [0, 0.05) is 38.2 Å². The van der Waals surface area contributed by atoms with Crippen LogP contribution in [0.25, 0.3) is 0 Å². The van der Waals surface area contributed by atoms with Gasteiger partial charge in [0.1, 0.15) is 0 Å². The molecule has 0 fully saturated rings. The van der Waals surface area contributed by atoms with Gasteiger partial charge in [-0.1, -0.05) is 34.1 Å². The van der Waals surface area contributed by atoms with Gasteiger partial charge in [0.25, 0.3) is 0 Å². The molecule has 0 heterocycles. The van der Waals surface area contributed by atoms with E-state index >= 15 is 0 Å². The number of benzene rings is 1. The first kappa shape index (κ1) is 22.6. The molecule has 6 nitrogen and oxygen atoms in total. The summed E-state index contributed by atoms with van der Waals surface area (Å²) in [7, 11) is 0.491. The van der Waals surface area contributed by atoms with Crippen molar-refractivity contribution in [3.05, 3.63) is 34.3 Å². The highest BCUT2D eigenvalue weighted by molar-refractivity contribution is 14.0. The Morgan fingerprint density at radius 1 is 1.30 bits per heavy atom. The number of nitrogens with one attached hydrogen (secondary N) is 2. The van der Waals surface area contributed by atoms with Crippen molar-refractivity contribution in [1.29, 1.82) is 0 Å². The molecule has 0 saturated heterocycles. The number of halogens is 2. The van der Waals surface area contributed by atoms with Crippen LogP contribution in [-0.4, -0.2) is 52.2 Å². The summed E-state index contributed by atoms with van der Waals surface area (Å²) < 4.78 is 26.2. The third-order valence-corrected chi connectivity index (χ3v) is 5.23. The Labute approximate surface area is 164 Å². The Bertz CT molecular complexity index is 611. The lowest BCUT2D eigenvalue weighted by atomic mass is 10.2. The van der Waals surface area contributed by atoms with Gasteiger partial charge < -0.3 is 10.2 Å². The standard InChI is InChI=1S/C14H23BrN4O2S.HI/c1-4-22(20,21)18-10-9-17-14(16-2)19(3)11-12-7-5-6-8-13(12)15;/h5-8,18H,4,9-11H2,1-3H3,(H,16,17);1H. The normalized spacial score (nSPS) is 11.7. The lowest BCUT2D eigenvalue weighted by molar-refractivity contribution is 0.476. The van der Waals surface area contributed by atoms with E-state index in [-0.39, 0.29) is 29.7 Å². The number of hydrogen-bond donors (Lipinski definition) is 2. The molecule has 0 unspecified atom stereocenters. The third kappa shape index (κ3) is 8.32. The van der Waals surface area contributed by atoms with Crippen LogP contribution in [0.3, 0.4) is 0 Å². The van der Waals surface area contributed by atoms with Crippen molar-refractivity contribution in [2.24, 2.45) is 4.99 Å². The molecule has 0 aromatic heterocycles. The summed E-state index contributed by atoms with van der Waals surface area (Å²) in [5.74, 6) is 0.801. The van der Waals surface area contributed by atoms with Gasteiger partial charge in [-0.2, -0.15) is 0 Å². The maximum atomic E-state index is 11.3. The van der Waals surface area contributed by atoms with E-state index in [1.807, 2.05) is 36.2 Å². The van der Waals surface area contributed by atoms with Crippen LogP contribution in [0.5, 0.6) is 0 Å². The summed E-state index contributed by atoms with van der Waals surface area (Å²) >= 11 is 3.53. The van der Waals surface area contributed by atoms with Crippen molar-refractivity contribution < 1.29 is 8.42 Å².